The summed E-state index contributed by atoms with van der Waals surface area (Å²) in [5, 5.41) is 7.61. The van der Waals surface area contributed by atoms with Gasteiger partial charge in [-0.15, -0.1) is 16.8 Å². The molecule has 9 heteroatoms. The second-order valence-electron chi connectivity index (χ2n) is 5.21. The molecule has 0 N–H and O–H groups in total. The zero-order valence-corrected chi connectivity index (χ0v) is 17.5. The monoisotopic (exact) mass is 453 g/mol. The Hall–Kier alpha value is -2.13. The van der Waals surface area contributed by atoms with Crippen molar-refractivity contribution < 1.29 is 19.1 Å². The summed E-state index contributed by atoms with van der Waals surface area (Å²) < 4.78 is 12.7. The van der Waals surface area contributed by atoms with Gasteiger partial charge >= 0.3 is 11.9 Å². The first kappa shape index (κ1) is 21.2. The molecule has 2 aromatic rings. The molecule has 1 heterocycles. The van der Waals surface area contributed by atoms with E-state index in [1.807, 2.05) is 24.3 Å². The van der Waals surface area contributed by atoms with Crippen molar-refractivity contribution in [2.24, 2.45) is 0 Å². The molecule has 0 fully saturated rings. The third-order valence-electron chi connectivity index (χ3n) is 3.36. The normalized spacial score (nSPS) is 10.7. The SMILES string of the molecule is C=CCn1c(SC(C(=O)OCC)C(=O)OCC)nnc1-c1ccc(Br)cc1. The summed E-state index contributed by atoms with van der Waals surface area (Å²) in [6.45, 7) is 7.86. The van der Waals surface area contributed by atoms with E-state index in [1.54, 1.807) is 24.5 Å². The topological polar surface area (TPSA) is 83.3 Å². The van der Waals surface area contributed by atoms with E-state index in [4.69, 9.17) is 9.47 Å². The van der Waals surface area contributed by atoms with Crippen molar-refractivity contribution in [2.75, 3.05) is 13.2 Å². The number of thioether (sulfide) groups is 1. The van der Waals surface area contributed by atoms with E-state index in [2.05, 4.69) is 32.7 Å². The highest BCUT2D eigenvalue weighted by molar-refractivity contribution is 9.10. The van der Waals surface area contributed by atoms with Crippen LogP contribution in [0.3, 0.4) is 0 Å². The van der Waals surface area contributed by atoms with Crippen LogP contribution < -0.4 is 0 Å². The number of esters is 2. The van der Waals surface area contributed by atoms with Crippen molar-refractivity contribution in [2.45, 2.75) is 30.8 Å². The van der Waals surface area contributed by atoms with Gasteiger partial charge in [0.25, 0.3) is 0 Å². The Morgan fingerprint density at radius 3 is 2.30 bits per heavy atom. The van der Waals surface area contributed by atoms with E-state index in [-0.39, 0.29) is 13.2 Å². The number of rotatable bonds is 9. The van der Waals surface area contributed by atoms with Gasteiger partial charge in [-0.1, -0.05) is 45.9 Å². The fourth-order valence-corrected chi connectivity index (χ4v) is 3.40. The first-order valence-corrected chi connectivity index (χ1v) is 9.99. The summed E-state index contributed by atoms with van der Waals surface area (Å²) in [6.07, 6.45) is 1.69. The number of benzene rings is 1. The minimum absolute atomic E-state index is 0.165. The quantitative estimate of drug-likeness (QED) is 0.248. The van der Waals surface area contributed by atoms with Crippen molar-refractivity contribution >= 4 is 39.6 Å². The molecule has 0 saturated heterocycles. The van der Waals surface area contributed by atoms with Gasteiger partial charge in [-0.3, -0.25) is 14.2 Å². The van der Waals surface area contributed by atoms with Crippen LogP contribution in [-0.2, 0) is 25.6 Å². The van der Waals surface area contributed by atoms with Crippen LogP contribution in [-0.4, -0.2) is 45.2 Å². The summed E-state index contributed by atoms with van der Waals surface area (Å²) in [5.41, 5.74) is 0.850. The summed E-state index contributed by atoms with van der Waals surface area (Å²) >= 11 is 4.35. The predicted molar refractivity (Wildman–Crippen MR) is 106 cm³/mol. The summed E-state index contributed by atoms with van der Waals surface area (Å²) in [4.78, 5) is 24.4. The molecular formula is C18H20BrN3O4S. The van der Waals surface area contributed by atoms with Gasteiger partial charge in [-0.25, -0.2) is 0 Å². The van der Waals surface area contributed by atoms with Crippen LogP contribution in [0.25, 0.3) is 11.4 Å². The molecule has 0 saturated carbocycles. The largest absolute Gasteiger partial charge is 0.465 e. The zero-order valence-electron chi connectivity index (χ0n) is 15.1. The van der Waals surface area contributed by atoms with Gasteiger partial charge in [0, 0.05) is 16.6 Å². The number of hydrogen-bond acceptors (Lipinski definition) is 7. The second kappa shape index (κ2) is 10.3. The number of carbonyl (C=O) groups is 2. The summed E-state index contributed by atoms with van der Waals surface area (Å²) in [5.74, 6) is -0.727. The van der Waals surface area contributed by atoms with Gasteiger partial charge in [-0.2, -0.15) is 0 Å². The number of halogens is 1. The molecule has 7 nitrogen and oxygen atoms in total. The van der Waals surface area contributed by atoms with Gasteiger partial charge < -0.3 is 9.47 Å². The van der Waals surface area contributed by atoms with E-state index in [1.165, 1.54) is 0 Å². The van der Waals surface area contributed by atoms with E-state index in [9.17, 15) is 9.59 Å². The van der Waals surface area contributed by atoms with Crippen molar-refractivity contribution in [3.05, 3.63) is 41.4 Å². The molecule has 0 radical (unpaired) electrons. The predicted octanol–water partition coefficient (Wildman–Crippen LogP) is 3.48. The van der Waals surface area contributed by atoms with Gasteiger partial charge in [0.15, 0.2) is 11.0 Å². The smallest absolute Gasteiger partial charge is 0.331 e. The molecule has 1 aromatic heterocycles. The lowest BCUT2D eigenvalue weighted by Crippen LogP contribution is -2.31. The van der Waals surface area contributed by atoms with E-state index in [0.29, 0.717) is 17.5 Å². The number of hydrogen-bond donors (Lipinski definition) is 0. The molecule has 0 unspecified atom stereocenters. The molecule has 2 rings (SSSR count). The van der Waals surface area contributed by atoms with E-state index < -0.39 is 17.2 Å². The second-order valence-corrected chi connectivity index (χ2v) is 7.20. The minimum Gasteiger partial charge on any atom is -0.465 e. The Labute approximate surface area is 170 Å². The van der Waals surface area contributed by atoms with Crippen LogP contribution in [0.2, 0.25) is 0 Å². The Morgan fingerprint density at radius 2 is 1.78 bits per heavy atom. The molecule has 0 aliphatic carbocycles. The molecule has 1 aromatic carbocycles. The Kier molecular flexibility index (Phi) is 8.05. The highest BCUT2D eigenvalue weighted by atomic mass is 79.9. The fourth-order valence-electron chi connectivity index (χ4n) is 2.22. The fraction of sp³-hybridized carbons (Fsp3) is 0.333. The molecular weight excluding hydrogens is 434 g/mol. The number of nitrogens with zero attached hydrogens (tertiary/aromatic N) is 3. The molecule has 144 valence electrons. The summed E-state index contributed by atoms with van der Waals surface area (Å²) in [6, 6.07) is 7.59. The number of allylic oxidation sites excluding steroid dienone is 1. The van der Waals surface area contributed by atoms with Crippen molar-refractivity contribution in [3.8, 4) is 11.4 Å². The third-order valence-corrected chi connectivity index (χ3v) is 5.02. The lowest BCUT2D eigenvalue weighted by atomic mass is 10.2. The Bertz CT molecular complexity index is 789. The van der Waals surface area contributed by atoms with Crippen LogP contribution in [0.1, 0.15) is 13.8 Å². The molecule has 0 aliphatic rings. The van der Waals surface area contributed by atoms with Crippen molar-refractivity contribution in [1.82, 2.24) is 14.8 Å². The average molecular weight is 454 g/mol. The van der Waals surface area contributed by atoms with Crippen LogP contribution in [0.15, 0.2) is 46.5 Å². The first-order valence-electron chi connectivity index (χ1n) is 8.31. The van der Waals surface area contributed by atoms with Crippen molar-refractivity contribution in [3.63, 3.8) is 0 Å². The average Bonchev–Trinajstić information content (AvgIpc) is 3.03. The van der Waals surface area contributed by atoms with Crippen molar-refractivity contribution in [1.29, 1.82) is 0 Å². The van der Waals surface area contributed by atoms with Crippen LogP contribution >= 0.6 is 27.7 Å². The lowest BCUT2D eigenvalue weighted by molar-refractivity contribution is -0.152. The number of ether oxygens (including phenoxy) is 2. The standard InChI is InChI=1S/C18H20BrN3O4S/c1-4-11-22-15(12-7-9-13(19)10-8-12)20-21-18(22)27-14(16(23)25-5-2)17(24)26-6-3/h4,7-10,14H,1,5-6,11H2,2-3H3. The van der Waals surface area contributed by atoms with Gasteiger partial charge in [0.05, 0.1) is 13.2 Å². The first-order chi connectivity index (χ1) is 13.0. The van der Waals surface area contributed by atoms with Crippen LogP contribution in [0, 0.1) is 0 Å². The molecule has 0 atom stereocenters. The molecule has 0 aliphatic heterocycles. The van der Waals surface area contributed by atoms with Crippen LogP contribution in [0.5, 0.6) is 0 Å². The van der Waals surface area contributed by atoms with E-state index >= 15 is 0 Å². The number of carbonyl (C=O) groups excluding carboxylic acids is 2. The maximum Gasteiger partial charge on any atom is 0.331 e. The summed E-state index contributed by atoms with van der Waals surface area (Å²) in [7, 11) is 0. The third kappa shape index (κ3) is 5.43. The van der Waals surface area contributed by atoms with Gasteiger partial charge in [0.2, 0.25) is 5.25 Å². The van der Waals surface area contributed by atoms with Gasteiger partial charge in [0.1, 0.15) is 0 Å². The Balaban J connectivity index is 2.37. The molecule has 0 amide bonds. The minimum atomic E-state index is -1.17. The lowest BCUT2D eigenvalue weighted by Gasteiger charge is -2.14. The molecule has 27 heavy (non-hydrogen) atoms. The Morgan fingerprint density at radius 1 is 1.19 bits per heavy atom. The molecule has 0 bridgehead atoms. The van der Waals surface area contributed by atoms with Crippen LogP contribution in [0.4, 0.5) is 0 Å². The molecule has 0 spiro atoms. The highest BCUT2D eigenvalue weighted by Gasteiger charge is 2.33. The maximum absolute atomic E-state index is 12.2. The van der Waals surface area contributed by atoms with Gasteiger partial charge in [-0.05, 0) is 26.0 Å². The number of aromatic nitrogens is 3. The maximum atomic E-state index is 12.2. The highest BCUT2D eigenvalue weighted by Crippen LogP contribution is 2.29. The zero-order chi connectivity index (χ0) is 19.8. The van der Waals surface area contributed by atoms with E-state index in [0.717, 1.165) is 21.8 Å².